The van der Waals surface area contributed by atoms with Crippen LogP contribution in [0.25, 0.3) is 0 Å². The number of carbonyl (C=O) groups excluding carboxylic acids is 1. The van der Waals surface area contributed by atoms with Crippen LogP contribution in [0.1, 0.15) is 15.9 Å². The van der Waals surface area contributed by atoms with Crippen LogP contribution in [0.5, 0.6) is 17.2 Å². The zero-order chi connectivity index (χ0) is 24.8. The van der Waals surface area contributed by atoms with Crippen molar-refractivity contribution in [1.82, 2.24) is 9.80 Å². The first-order valence-corrected chi connectivity index (χ1v) is 11.3. The number of hydrogen-bond acceptors (Lipinski definition) is 7. The average Bonchev–Trinajstić information content (AvgIpc) is 2.86. The first kappa shape index (κ1) is 24.2. The monoisotopic (exact) mass is 476 g/mol. The van der Waals surface area contributed by atoms with Crippen LogP contribution < -0.4 is 14.8 Å². The van der Waals surface area contributed by atoms with Crippen molar-refractivity contribution < 1.29 is 19.2 Å². The summed E-state index contributed by atoms with van der Waals surface area (Å²) < 4.78 is 11.0. The van der Waals surface area contributed by atoms with E-state index in [1.807, 2.05) is 18.2 Å². The molecule has 1 aliphatic heterocycles. The molecule has 3 aromatic carbocycles. The molecule has 0 bridgehead atoms. The Morgan fingerprint density at radius 1 is 1.00 bits per heavy atom. The molecule has 35 heavy (non-hydrogen) atoms. The molecular formula is C26H28N4O5. The van der Waals surface area contributed by atoms with Gasteiger partial charge in [0.05, 0.1) is 17.6 Å². The number of hydrogen-bond donors (Lipinski definition) is 1. The number of amides is 1. The first-order chi connectivity index (χ1) is 16.9. The quantitative estimate of drug-likeness (QED) is 0.380. The summed E-state index contributed by atoms with van der Waals surface area (Å²) in [4.78, 5) is 28.7. The number of likely N-dealkylation sites (N-methyl/N-ethyl adjacent to an activating group) is 1. The van der Waals surface area contributed by atoms with Crippen LogP contribution in [0.2, 0.25) is 0 Å². The van der Waals surface area contributed by atoms with Gasteiger partial charge in [0.2, 0.25) is 0 Å². The maximum atomic E-state index is 13.2. The van der Waals surface area contributed by atoms with Gasteiger partial charge in [0.25, 0.3) is 11.6 Å². The van der Waals surface area contributed by atoms with Crippen LogP contribution in [-0.2, 0) is 6.54 Å². The minimum atomic E-state index is -0.537. The summed E-state index contributed by atoms with van der Waals surface area (Å²) in [6, 6.07) is 18.5. The van der Waals surface area contributed by atoms with E-state index in [2.05, 4.69) is 22.2 Å². The Hall–Kier alpha value is -3.95. The molecule has 9 nitrogen and oxygen atoms in total. The fourth-order valence-electron chi connectivity index (χ4n) is 3.88. The lowest BCUT2D eigenvalue weighted by molar-refractivity contribution is -0.384. The van der Waals surface area contributed by atoms with E-state index in [0.717, 1.165) is 38.3 Å². The fourth-order valence-corrected chi connectivity index (χ4v) is 3.88. The smallest absolute Gasteiger partial charge is 0.270 e. The topological polar surface area (TPSA) is 97.2 Å². The van der Waals surface area contributed by atoms with Gasteiger partial charge in [0, 0.05) is 50.5 Å². The van der Waals surface area contributed by atoms with Crippen LogP contribution in [0.3, 0.4) is 0 Å². The lowest BCUT2D eigenvalue weighted by Gasteiger charge is -2.32. The molecule has 1 saturated heterocycles. The van der Waals surface area contributed by atoms with E-state index in [1.54, 1.807) is 37.4 Å². The molecule has 9 heteroatoms. The molecule has 1 aliphatic rings. The standard InChI is InChI=1S/C26H28N4O5/c1-28-12-14-29(15-13-28)18-19-4-3-5-20(16-19)27-26(31)24-17-21(30(32)33)6-11-25(24)35-23-9-7-22(34-2)8-10-23/h3-11,16-17H,12-15,18H2,1-2H3,(H,27,31). The molecule has 0 saturated carbocycles. The number of anilines is 1. The normalized spacial score (nSPS) is 14.3. The van der Waals surface area contributed by atoms with Crippen LogP contribution in [-0.4, -0.2) is 61.0 Å². The Kier molecular flexibility index (Phi) is 7.59. The van der Waals surface area contributed by atoms with Gasteiger partial charge in [-0.25, -0.2) is 0 Å². The molecule has 1 amide bonds. The number of nitrogens with zero attached hydrogens (tertiary/aromatic N) is 3. The third-order valence-electron chi connectivity index (χ3n) is 5.89. The highest BCUT2D eigenvalue weighted by molar-refractivity contribution is 6.06. The van der Waals surface area contributed by atoms with Gasteiger partial charge >= 0.3 is 0 Å². The SMILES string of the molecule is COc1ccc(Oc2ccc([N+](=O)[O-])cc2C(=O)Nc2cccc(CN3CCN(C)CC3)c2)cc1. The first-order valence-electron chi connectivity index (χ1n) is 11.3. The number of piperazine rings is 1. The number of rotatable bonds is 8. The number of benzene rings is 3. The molecule has 1 heterocycles. The molecule has 0 spiro atoms. The van der Waals surface area contributed by atoms with Crippen molar-refractivity contribution in [2.45, 2.75) is 6.54 Å². The highest BCUT2D eigenvalue weighted by Crippen LogP contribution is 2.30. The van der Waals surface area contributed by atoms with Gasteiger partial charge in [-0.05, 0) is 55.1 Å². The van der Waals surface area contributed by atoms with Crippen LogP contribution in [0, 0.1) is 10.1 Å². The summed E-state index contributed by atoms with van der Waals surface area (Å²) in [5, 5.41) is 14.2. The predicted octanol–water partition coefficient (Wildman–Crippen LogP) is 4.40. The number of nitro benzene ring substituents is 1. The molecule has 0 aliphatic carbocycles. The van der Waals surface area contributed by atoms with Crippen molar-refractivity contribution >= 4 is 17.3 Å². The number of nitro groups is 1. The number of non-ortho nitro benzene ring substituents is 1. The highest BCUT2D eigenvalue weighted by Gasteiger charge is 2.19. The lowest BCUT2D eigenvalue weighted by Crippen LogP contribution is -2.43. The largest absolute Gasteiger partial charge is 0.497 e. The Labute approximate surface area is 204 Å². The second-order valence-electron chi connectivity index (χ2n) is 8.45. The Bertz CT molecular complexity index is 1190. The molecule has 0 aromatic heterocycles. The zero-order valence-corrected chi connectivity index (χ0v) is 19.8. The van der Waals surface area contributed by atoms with Crippen molar-refractivity contribution in [3.8, 4) is 17.2 Å². The van der Waals surface area contributed by atoms with Gasteiger partial charge in [-0.15, -0.1) is 0 Å². The molecule has 4 rings (SSSR count). The van der Waals surface area contributed by atoms with E-state index < -0.39 is 10.8 Å². The summed E-state index contributed by atoms with van der Waals surface area (Å²) >= 11 is 0. The van der Waals surface area contributed by atoms with Crippen molar-refractivity contribution in [1.29, 1.82) is 0 Å². The zero-order valence-electron chi connectivity index (χ0n) is 19.8. The Morgan fingerprint density at radius 3 is 2.40 bits per heavy atom. The lowest BCUT2D eigenvalue weighted by atomic mass is 10.1. The van der Waals surface area contributed by atoms with Crippen molar-refractivity contribution in [2.24, 2.45) is 0 Å². The van der Waals surface area contributed by atoms with E-state index in [9.17, 15) is 14.9 Å². The summed E-state index contributed by atoms with van der Waals surface area (Å²) in [6.07, 6.45) is 0. The van der Waals surface area contributed by atoms with Crippen molar-refractivity contribution in [2.75, 3.05) is 45.7 Å². The van der Waals surface area contributed by atoms with Gasteiger partial charge < -0.3 is 19.7 Å². The Morgan fingerprint density at radius 2 is 1.71 bits per heavy atom. The van der Waals surface area contributed by atoms with Gasteiger partial charge in [0.1, 0.15) is 17.2 Å². The summed E-state index contributed by atoms with van der Waals surface area (Å²) in [5.74, 6) is 0.860. The third-order valence-corrected chi connectivity index (χ3v) is 5.89. The molecule has 0 atom stereocenters. The minimum Gasteiger partial charge on any atom is -0.497 e. The molecule has 0 radical (unpaired) electrons. The van der Waals surface area contributed by atoms with E-state index in [1.165, 1.54) is 18.2 Å². The summed E-state index contributed by atoms with van der Waals surface area (Å²) in [7, 11) is 3.68. The average molecular weight is 477 g/mol. The van der Waals surface area contributed by atoms with E-state index >= 15 is 0 Å². The Balaban J connectivity index is 1.52. The van der Waals surface area contributed by atoms with Gasteiger partial charge in [0.15, 0.2) is 0 Å². The van der Waals surface area contributed by atoms with Crippen LogP contribution in [0.4, 0.5) is 11.4 Å². The van der Waals surface area contributed by atoms with Crippen LogP contribution >= 0.6 is 0 Å². The van der Waals surface area contributed by atoms with E-state index in [-0.39, 0.29) is 17.0 Å². The number of methoxy groups -OCH3 is 1. The van der Waals surface area contributed by atoms with E-state index in [4.69, 9.17) is 9.47 Å². The number of ether oxygens (including phenoxy) is 2. The van der Waals surface area contributed by atoms with Crippen molar-refractivity contribution in [3.05, 3.63) is 88.0 Å². The number of nitrogens with one attached hydrogen (secondary N) is 1. The molecule has 1 N–H and O–H groups in total. The second kappa shape index (κ2) is 11.0. The van der Waals surface area contributed by atoms with Gasteiger partial charge in [-0.2, -0.15) is 0 Å². The number of carbonyl (C=O) groups is 1. The molecule has 182 valence electrons. The fraction of sp³-hybridized carbons (Fsp3) is 0.269. The highest BCUT2D eigenvalue weighted by atomic mass is 16.6. The van der Waals surface area contributed by atoms with Crippen molar-refractivity contribution in [3.63, 3.8) is 0 Å². The van der Waals surface area contributed by atoms with Crippen LogP contribution in [0.15, 0.2) is 66.7 Å². The van der Waals surface area contributed by atoms with E-state index in [0.29, 0.717) is 17.2 Å². The summed E-state index contributed by atoms with van der Waals surface area (Å²) in [6.45, 7) is 4.83. The molecular weight excluding hydrogens is 448 g/mol. The molecule has 0 unspecified atom stereocenters. The third kappa shape index (κ3) is 6.34. The second-order valence-corrected chi connectivity index (χ2v) is 8.45. The predicted molar refractivity (Wildman–Crippen MR) is 133 cm³/mol. The maximum absolute atomic E-state index is 13.2. The van der Waals surface area contributed by atoms with Gasteiger partial charge in [-0.3, -0.25) is 19.8 Å². The van der Waals surface area contributed by atoms with Gasteiger partial charge in [-0.1, -0.05) is 12.1 Å². The molecule has 3 aromatic rings. The minimum absolute atomic E-state index is 0.0690. The summed E-state index contributed by atoms with van der Waals surface area (Å²) in [5.41, 5.74) is 1.57. The molecule has 1 fully saturated rings. The maximum Gasteiger partial charge on any atom is 0.270 e.